The van der Waals surface area contributed by atoms with Gasteiger partial charge in [0.25, 0.3) is 0 Å². The summed E-state index contributed by atoms with van der Waals surface area (Å²) >= 11 is 0. The molecule has 32 heavy (non-hydrogen) atoms. The number of rotatable bonds is 0. The van der Waals surface area contributed by atoms with E-state index >= 15 is 0 Å². The van der Waals surface area contributed by atoms with E-state index in [9.17, 15) is 0 Å². The van der Waals surface area contributed by atoms with Gasteiger partial charge in [-0.25, -0.2) is 20.0 Å². The van der Waals surface area contributed by atoms with Crippen molar-refractivity contribution >= 4 is 45.7 Å². The van der Waals surface area contributed by atoms with Crippen LogP contribution in [-0.2, 0) is 0 Å². The Morgan fingerprint density at radius 2 is 1.66 bits per heavy atom. The van der Waals surface area contributed by atoms with Crippen molar-refractivity contribution in [3.8, 4) is 0 Å². The van der Waals surface area contributed by atoms with Crippen LogP contribution in [0.3, 0.4) is 0 Å². The largest absolute Gasteiger partial charge is 0.273 e. The molecule has 0 radical (unpaired) electrons. The smallest absolute Gasteiger partial charge is 0.143 e. The van der Waals surface area contributed by atoms with Crippen molar-refractivity contribution in [2.45, 2.75) is 0 Å². The molecule has 0 spiro atoms. The van der Waals surface area contributed by atoms with Gasteiger partial charge in [0, 0.05) is 0 Å². The van der Waals surface area contributed by atoms with Crippen LogP contribution in [0.25, 0.3) is 0 Å². The molecule has 0 aromatic carbocycles. The zero-order valence-corrected chi connectivity index (χ0v) is 15.8. The van der Waals surface area contributed by atoms with Gasteiger partial charge in [-0.05, 0) is 24.3 Å². The molecule has 8 bridgehead atoms. The van der Waals surface area contributed by atoms with Gasteiger partial charge in [-0.15, -0.1) is 20.4 Å². The third-order valence-corrected chi connectivity index (χ3v) is 6.00. The van der Waals surface area contributed by atoms with Crippen LogP contribution in [0.2, 0.25) is 0 Å². The number of fused-ring (bicyclic) bond motifs is 10. The molecule has 9 rings (SSSR count). The van der Waals surface area contributed by atoms with Crippen LogP contribution < -0.4 is 5.43 Å². The van der Waals surface area contributed by atoms with Crippen molar-refractivity contribution in [3.63, 3.8) is 0 Å². The van der Waals surface area contributed by atoms with Gasteiger partial charge in [0.2, 0.25) is 0 Å². The molecule has 12 heteroatoms. The van der Waals surface area contributed by atoms with E-state index < -0.39 is 0 Å². The fourth-order valence-electron chi connectivity index (χ4n) is 4.46. The van der Waals surface area contributed by atoms with Crippen LogP contribution in [0, 0.1) is 0 Å². The van der Waals surface area contributed by atoms with Crippen molar-refractivity contribution in [2.75, 3.05) is 0 Å². The third-order valence-electron chi connectivity index (χ3n) is 6.00. The molecule has 2 N–H and O–H groups in total. The number of hydrazone groups is 1. The molecular weight excluding hydrogens is 408 g/mol. The topological polar surface area (TPSA) is 152 Å². The Labute approximate surface area is 177 Å². The molecule has 8 aliphatic rings. The zero-order valence-electron chi connectivity index (χ0n) is 15.8. The highest BCUT2D eigenvalue weighted by molar-refractivity contribution is 6.78. The fourth-order valence-corrected chi connectivity index (χ4v) is 4.46. The van der Waals surface area contributed by atoms with Crippen molar-refractivity contribution in [2.24, 2.45) is 45.5 Å². The number of nitrogens with zero attached hydrogens (tertiary/aromatic N) is 10. The highest BCUT2D eigenvalue weighted by atomic mass is 15.4. The Morgan fingerprint density at radius 1 is 0.719 bits per heavy atom. The minimum absolute atomic E-state index is 0.586. The molecule has 12 nitrogen and oxygen atoms in total. The van der Waals surface area contributed by atoms with E-state index in [4.69, 9.17) is 15.0 Å². The summed E-state index contributed by atoms with van der Waals surface area (Å²) in [5.74, 6) is 0. The normalized spacial score (nSPS) is 23.8. The molecule has 146 valence electrons. The molecular formula is C20H6N12. The molecule has 0 aliphatic carbocycles. The zero-order chi connectivity index (χ0) is 20.6. The van der Waals surface area contributed by atoms with Crippen molar-refractivity contribution in [1.82, 2.24) is 15.6 Å². The number of azo groups is 1. The van der Waals surface area contributed by atoms with Crippen LogP contribution in [-0.4, -0.2) is 50.2 Å². The summed E-state index contributed by atoms with van der Waals surface area (Å²) in [6.45, 7) is 0. The summed E-state index contributed by atoms with van der Waals surface area (Å²) in [6, 6.07) is 0. The quantitative estimate of drug-likeness (QED) is 0.662. The van der Waals surface area contributed by atoms with Crippen molar-refractivity contribution in [1.29, 1.82) is 0 Å². The number of aromatic nitrogens is 2. The van der Waals surface area contributed by atoms with E-state index in [1.54, 1.807) is 0 Å². The van der Waals surface area contributed by atoms with Gasteiger partial charge in [-0.1, -0.05) is 0 Å². The van der Waals surface area contributed by atoms with E-state index in [0.717, 1.165) is 28.5 Å². The number of allylic oxidation sites excluding steroid dienone is 7. The molecule has 9 heterocycles. The first kappa shape index (κ1) is 14.9. The maximum absolute atomic E-state index is 4.83. The summed E-state index contributed by atoms with van der Waals surface area (Å²) in [5, 5.41) is 28.9. The summed E-state index contributed by atoms with van der Waals surface area (Å²) < 4.78 is 0. The second kappa shape index (κ2) is 4.67. The first-order chi connectivity index (χ1) is 15.8. The van der Waals surface area contributed by atoms with Gasteiger partial charge in [0.1, 0.15) is 68.4 Å². The average Bonchev–Trinajstić information content (AvgIpc) is 3.49. The Morgan fingerprint density at radius 3 is 2.53 bits per heavy atom. The molecule has 8 aliphatic heterocycles. The number of hydrogen-bond donors (Lipinski definition) is 2. The third kappa shape index (κ3) is 1.56. The van der Waals surface area contributed by atoms with E-state index in [0.29, 0.717) is 62.7 Å². The van der Waals surface area contributed by atoms with E-state index in [-0.39, 0.29) is 0 Å². The Balaban J connectivity index is 1.33. The van der Waals surface area contributed by atoms with Crippen LogP contribution in [0.5, 0.6) is 0 Å². The summed E-state index contributed by atoms with van der Waals surface area (Å²) in [6.07, 6.45) is 7.65. The molecule has 0 atom stereocenters. The van der Waals surface area contributed by atoms with Gasteiger partial charge in [0.05, 0.1) is 22.8 Å². The number of aromatic amines is 1. The first-order valence-corrected chi connectivity index (χ1v) is 9.79. The molecule has 0 unspecified atom stereocenters. The molecule has 0 saturated carbocycles. The molecule has 0 amide bonds. The molecule has 0 saturated heterocycles. The summed E-state index contributed by atoms with van der Waals surface area (Å²) in [5.41, 5.74) is 14.1. The Bertz CT molecular complexity index is 1710. The highest BCUT2D eigenvalue weighted by Crippen LogP contribution is 2.41. The molecule has 1 aromatic rings. The predicted molar refractivity (Wildman–Crippen MR) is 116 cm³/mol. The lowest BCUT2D eigenvalue weighted by Gasteiger charge is -2.15. The van der Waals surface area contributed by atoms with Crippen molar-refractivity contribution < 1.29 is 0 Å². The SMILES string of the molecule is C1=CC2=NC1=CC1=NC(=C3NN=C13)C1=NN=C3C1=Nc1c3n[nH]c1C1=NC(=C2)C2=C1N=N2. The van der Waals surface area contributed by atoms with E-state index in [1.165, 1.54) is 0 Å². The standard InChI is InChI=1S/C20H6N12/c1-2-6-4-8-10-16(28-26-10)12(23-8)18-14-20(32-30-18)19-13(24-14)17(29-31-19)11-15-9(25-27-15)7(22-11)3-5(1)21-6/h1-4,27H,(H,30,32). The van der Waals surface area contributed by atoms with Crippen LogP contribution >= 0.6 is 0 Å². The lowest BCUT2D eigenvalue weighted by molar-refractivity contribution is 0.870. The Kier molecular flexibility index (Phi) is 2.17. The maximum Gasteiger partial charge on any atom is 0.143 e. The van der Waals surface area contributed by atoms with Crippen molar-refractivity contribution in [3.05, 3.63) is 69.9 Å². The minimum Gasteiger partial charge on any atom is -0.273 e. The highest BCUT2D eigenvalue weighted by Gasteiger charge is 2.43. The van der Waals surface area contributed by atoms with Crippen LogP contribution in [0.4, 0.5) is 5.69 Å². The molecule has 0 fully saturated rings. The molecule has 1 aromatic heterocycles. The number of nitrogens with one attached hydrogen (secondary N) is 2. The monoisotopic (exact) mass is 414 g/mol. The maximum atomic E-state index is 4.83. The second-order valence-corrected chi connectivity index (χ2v) is 7.77. The fraction of sp³-hybridized carbons (Fsp3) is 0. The second-order valence-electron chi connectivity index (χ2n) is 7.77. The predicted octanol–water partition coefficient (Wildman–Crippen LogP) is 1.55. The van der Waals surface area contributed by atoms with E-state index in [1.807, 2.05) is 24.3 Å². The van der Waals surface area contributed by atoms with Crippen LogP contribution in [0.1, 0.15) is 11.4 Å². The number of aliphatic imine (C=N–C) groups is 4. The Hall–Kier alpha value is -5.00. The van der Waals surface area contributed by atoms with Gasteiger partial charge in [-0.2, -0.15) is 10.2 Å². The van der Waals surface area contributed by atoms with Gasteiger partial charge < -0.3 is 0 Å². The lowest BCUT2D eigenvalue weighted by atomic mass is 10.0. The van der Waals surface area contributed by atoms with Crippen LogP contribution in [0.15, 0.2) is 104 Å². The number of hydrogen-bond acceptors (Lipinski definition) is 11. The lowest BCUT2D eigenvalue weighted by Crippen LogP contribution is -2.32. The number of H-pyrrole nitrogens is 1. The first-order valence-electron chi connectivity index (χ1n) is 9.79. The van der Waals surface area contributed by atoms with Gasteiger partial charge >= 0.3 is 0 Å². The summed E-state index contributed by atoms with van der Waals surface area (Å²) in [7, 11) is 0. The van der Waals surface area contributed by atoms with Gasteiger partial charge in [-0.3, -0.25) is 10.5 Å². The minimum atomic E-state index is 0.586. The van der Waals surface area contributed by atoms with E-state index in [2.05, 4.69) is 46.1 Å². The van der Waals surface area contributed by atoms with Gasteiger partial charge in [0.15, 0.2) is 0 Å². The summed E-state index contributed by atoms with van der Waals surface area (Å²) in [4.78, 5) is 19.1. The average molecular weight is 414 g/mol.